The van der Waals surface area contributed by atoms with E-state index < -0.39 is 12.1 Å². The van der Waals surface area contributed by atoms with Gasteiger partial charge in [0.15, 0.2) is 0 Å². The van der Waals surface area contributed by atoms with Crippen molar-refractivity contribution in [3.63, 3.8) is 0 Å². The maximum absolute atomic E-state index is 13.1. The predicted molar refractivity (Wildman–Crippen MR) is 135 cm³/mol. The Labute approximate surface area is 202 Å². The Morgan fingerprint density at radius 1 is 1.06 bits per heavy atom. The van der Waals surface area contributed by atoms with Crippen LogP contribution in [0.4, 0.5) is 10.5 Å². The molecule has 1 saturated heterocycles. The molecule has 1 aliphatic rings. The van der Waals surface area contributed by atoms with Crippen LogP contribution in [-0.2, 0) is 16.1 Å². The van der Waals surface area contributed by atoms with Crippen molar-refractivity contribution >= 4 is 39.2 Å². The van der Waals surface area contributed by atoms with Crippen LogP contribution in [0.15, 0.2) is 72.8 Å². The van der Waals surface area contributed by atoms with Gasteiger partial charge in [0.25, 0.3) is 0 Å². The molecule has 7 heteroatoms. The number of thiazole rings is 1. The number of nitrogens with one attached hydrogen (secondary N) is 1. The summed E-state index contributed by atoms with van der Waals surface area (Å²) in [5, 5.41) is 4.03. The number of amides is 2. The van der Waals surface area contributed by atoms with Crippen LogP contribution in [-0.4, -0.2) is 34.5 Å². The van der Waals surface area contributed by atoms with Crippen molar-refractivity contribution in [2.24, 2.45) is 0 Å². The highest BCUT2D eigenvalue weighted by atomic mass is 32.1. The number of benzene rings is 3. The van der Waals surface area contributed by atoms with Gasteiger partial charge in [-0.2, -0.15) is 0 Å². The van der Waals surface area contributed by atoms with E-state index in [-0.39, 0.29) is 12.5 Å². The lowest BCUT2D eigenvalue weighted by Crippen LogP contribution is -2.43. The average Bonchev–Trinajstić information content (AvgIpc) is 3.49. The summed E-state index contributed by atoms with van der Waals surface area (Å²) >= 11 is 1.68. The second-order valence-electron chi connectivity index (χ2n) is 8.38. The van der Waals surface area contributed by atoms with Crippen LogP contribution in [0.3, 0.4) is 0 Å². The molecule has 0 spiro atoms. The highest BCUT2D eigenvalue weighted by molar-refractivity contribution is 7.18. The fourth-order valence-corrected chi connectivity index (χ4v) is 5.09. The van der Waals surface area contributed by atoms with Crippen molar-refractivity contribution in [2.45, 2.75) is 32.4 Å². The first-order chi connectivity index (χ1) is 16.6. The number of hydrogen-bond donors (Lipinski definition) is 1. The first kappa shape index (κ1) is 22.1. The summed E-state index contributed by atoms with van der Waals surface area (Å²) in [5.74, 6) is -0.197. The number of aromatic nitrogens is 1. The van der Waals surface area contributed by atoms with Crippen molar-refractivity contribution < 1.29 is 14.3 Å². The number of carbonyl (C=O) groups excluding carboxylic acids is 2. The number of likely N-dealkylation sites (tertiary alicyclic amines) is 1. The standard InChI is InChI=1S/C27H25N3O3S/c1-18-28-23-16-21(12-13-25(23)34-18)20-9-5-10-22(15-20)29-26(31)24-11-6-14-30(24)27(32)33-17-19-7-3-2-4-8-19/h2-5,7-10,12-13,15-16,24H,6,11,14,17H2,1H3,(H,29,31)/t24-/m0/s1. The Morgan fingerprint density at radius 3 is 2.74 bits per heavy atom. The SMILES string of the molecule is Cc1nc2cc(-c3cccc(NC(=O)[C@@H]4CCCN4C(=O)OCc4ccccc4)c3)ccc2s1. The zero-order valence-corrected chi connectivity index (χ0v) is 19.7. The summed E-state index contributed by atoms with van der Waals surface area (Å²) in [7, 11) is 0. The van der Waals surface area contributed by atoms with Gasteiger partial charge in [0.1, 0.15) is 12.6 Å². The van der Waals surface area contributed by atoms with Gasteiger partial charge in [-0.1, -0.05) is 48.5 Å². The number of nitrogens with zero attached hydrogens (tertiary/aromatic N) is 2. The molecular weight excluding hydrogens is 446 g/mol. The van der Waals surface area contributed by atoms with Crippen LogP contribution in [0.25, 0.3) is 21.3 Å². The Morgan fingerprint density at radius 2 is 1.88 bits per heavy atom. The maximum atomic E-state index is 13.1. The number of fused-ring (bicyclic) bond motifs is 1. The third-order valence-corrected chi connectivity index (χ3v) is 6.90. The second kappa shape index (κ2) is 9.65. The zero-order chi connectivity index (χ0) is 23.5. The summed E-state index contributed by atoms with van der Waals surface area (Å²) in [6, 6.07) is 23.0. The molecule has 1 atom stereocenters. The lowest BCUT2D eigenvalue weighted by Gasteiger charge is -2.23. The summed E-state index contributed by atoms with van der Waals surface area (Å²) in [6.45, 7) is 2.71. The first-order valence-corrected chi connectivity index (χ1v) is 12.1. The molecule has 0 radical (unpaired) electrons. The maximum Gasteiger partial charge on any atom is 0.410 e. The molecule has 172 valence electrons. The summed E-state index contributed by atoms with van der Waals surface area (Å²) in [4.78, 5) is 31.8. The minimum atomic E-state index is -0.540. The Balaban J connectivity index is 1.26. The smallest absolute Gasteiger partial charge is 0.410 e. The quantitative estimate of drug-likeness (QED) is 0.387. The lowest BCUT2D eigenvalue weighted by molar-refractivity contribution is -0.120. The normalized spacial score (nSPS) is 15.4. The van der Waals surface area contributed by atoms with Gasteiger partial charge in [-0.3, -0.25) is 9.69 Å². The Bertz CT molecular complexity index is 1340. The molecule has 1 aliphatic heterocycles. The molecule has 0 saturated carbocycles. The van der Waals surface area contributed by atoms with E-state index in [0.29, 0.717) is 18.7 Å². The van der Waals surface area contributed by atoms with Crippen molar-refractivity contribution in [3.8, 4) is 11.1 Å². The minimum Gasteiger partial charge on any atom is -0.445 e. The van der Waals surface area contributed by atoms with Gasteiger partial charge in [0, 0.05) is 12.2 Å². The number of ether oxygens (including phenoxy) is 1. The molecule has 5 rings (SSSR count). The van der Waals surface area contributed by atoms with Gasteiger partial charge in [-0.05, 0) is 60.7 Å². The van der Waals surface area contributed by atoms with Crippen LogP contribution >= 0.6 is 11.3 Å². The number of hydrogen-bond acceptors (Lipinski definition) is 5. The molecule has 3 aromatic carbocycles. The molecule has 0 bridgehead atoms. The van der Waals surface area contributed by atoms with Crippen LogP contribution in [0.5, 0.6) is 0 Å². The van der Waals surface area contributed by atoms with Crippen LogP contribution in [0, 0.1) is 6.92 Å². The van der Waals surface area contributed by atoms with Gasteiger partial charge in [-0.25, -0.2) is 9.78 Å². The van der Waals surface area contributed by atoms with Gasteiger partial charge in [-0.15, -0.1) is 11.3 Å². The molecule has 34 heavy (non-hydrogen) atoms. The van der Waals surface area contributed by atoms with Crippen molar-refractivity contribution in [1.29, 1.82) is 0 Å². The molecule has 2 amide bonds. The number of carbonyl (C=O) groups is 2. The van der Waals surface area contributed by atoms with E-state index in [1.165, 1.54) is 4.90 Å². The van der Waals surface area contributed by atoms with Crippen LogP contribution in [0.1, 0.15) is 23.4 Å². The molecule has 0 unspecified atom stereocenters. The van der Waals surface area contributed by atoms with E-state index in [2.05, 4.69) is 28.5 Å². The highest BCUT2D eigenvalue weighted by Crippen LogP contribution is 2.29. The van der Waals surface area contributed by atoms with E-state index in [4.69, 9.17) is 4.74 Å². The molecule has 0 aliphatic carbocycles. The topological polar surface area (TPSA) is 71.5 Å². The van der Waals surface area contributed by atoms with E-state index in [9.17, 15) is 9.59 Å². The largest absolute Gasteiger partial charge is 0.445 e. The van der Waals surface area contributed by atoms with E-state index in [1.54, 1.807) is 11.3 Å². The fraction of sp³-hybridized carbons (Fsp3) is 0.222. The molecule has 2 heterocycles. The van der Waals surface area contributed by atoms with Crippen molar-refractivity contribution in [3.05, 3.63) is 83.4 Å². The predicted octanol–water partition coefficient (Wildman–Crippen LogP) is 6.01. The van der Waals surface area contributed by atoms with Crippen LogP contribution in [0.2, 0.25) is 0 Å². The summed E-state index contributed by atoms with van der Waals surface area (Å²) < 4.78 is 6.62. The molecule has 1 aromatic heterocycles. The first-order valence-electron chi connectivity index (χ1n) is 11.3. The number of rotatable bonds is 5. The third kappa shape index (κ3) is 4.79. The van der Waals surface area contributed by atoms with Crippen LogP contribution < -0.4 is 5.32 Å². The molecule has 6 nitrogen and oxygen atoms in total. The summed E-state index contributed by atoms with van der Waals surface area (Å²) in [6.07, 6.45) is 0.930. The molecular formula is C27H25N3O3S. The van der Waals surface area contributed by atoms with Crippen molar-refractivity contribution in [1.82, 2.24) is 9.88 Å². The van der Waals surface area contributed by atoms with Crippen molar-refractivity contribution in [2.75, 3.05) is 11.9 Å². The minimum absolute atomic E-state index is 0.190. The Kier molecular flexibility index (Phi) is 6.27. The Hall–Kier alpha value is -3.71. The zero-order valence-electron chi connectivity index (χ0n) is 18.9. The monoisotopic (exact) mass is 471 g/mol. The number of aryl methyl sites for hydroxylation is 1. The highest BCUT2D eigenvalue weighted by Gasteiger charge is 2.35. The van der Waals surface area contributed by atoms with E-state index in [1.807, 2.05) is 61.5 Å². The van der Waals surface area contributed by atoms with Gasteiger partial charge >= 0.3 is 6.09 Å². The van der Waals surface area contributed by atoms with Gasteiger partial charge < -0.3 is 10.1 Å². The molecule has 1 N–H and O–H groups in total. The van der Waals surface area contributed by atoms with E-state index in [0.717, 1.165) is 38.3 Å². The molecule has 4 aromatic rings. The van der Waals surface area contributed by atoms with Gasteiger partial charge in [0.2, 0.25) is 5.91 Å². The van der Waals surface area contributed by atoms with E-state index >= 15 is 0 Å². The second-order valence-corrected chi connectivity index (χ2v) is 9.61. The fourth-order valence-electron chi connectivity index (χ4n) is 4.28. The molecule has 1 fully saturated rings. The van der Waals surface area contributed by atoms with Gasteiger partial charge in [0.05, 0.1) is 15.2 Å². The average molecular weight is 472 g/mol. The summed E-state index contributed by atoms with van der Waals surface area (Å²) in [5.41, 5.74) is 4.63. The lowest BCUT2D eigenvalue weighted by atomic mass is 10.0. The number of anilines is 1. The third-order valence-electron chi connectivity index (χ3n) is 5.95.